The largest absolute Gasteiger partial charge is 0.481 e. The van der Waals surface area contributed by atoms with Gasteiger partial charge in [0.15, 0.2) is 0 Å². The van der Waals surface area contributed by atoms with E-state index in [0.717, 1.165) is 5.56 Å². The van der Waals surface area contributed by atoms with E-state index < -0.39 is 21.9 Å². The average molecular weight is 270 g/mol. The maximum atomic E-state index is 11.9. The molecule has 0 spiro atoms. The molecule has 0 unspecified atom stereocenters. The number of nitrogens with zero attached hydrogens (tertiary/aromatic N) is 1. The van der Waals surface area contributed by atoms with E-state index in [2.05, 4.69) is 9.71 Å². The molecule has 1 aromatic rings. The van der Waals surface area contributed by atoms with Crippen molar-refractivity contribution >= 4 is 16.0 Å². The van der Waals surface area contributed by atoms with Crippen LogP contribution in [0, 0.1) is 18.8 Å². The topological polar surface area (TPSA) is 96.4 Å². The van der Waals surface area contributed by atoms with E-state index in [1.54, 1.807) is 13.1 Å². The summed E-state index contributed by atoms with van der Waals surface area (Å²) >= 11 is 0. The lowest BCUT2D eigenvalue weighted by Gasteiger charge is -2.06. The van der Waals surface area contributed by atoms with Crippen LogP contribution >= 0.6 is 0 Å². The second-order valence-corrected chi connectivity index (χ2v) is 6.26. The summed E-state index contributed by atoms with van der Waals surface area (Å²) in [6, 6.07) is 1.52. The van der Waals surface area contributed by atoms with Crippen molar-refractivity contribution in [1.82, 2.24) is 9.71 Å². The molecule has 18 heavy (non-hydrogen) atoms. The zero-order chi connectivity index (χ0) is 13.3. The van der Waals surface area contributed by atoms with E-state index in [-0.39, 0.29) is 17.4 Å². The smallest absolute Gasteiger partial charge is 0.306 e. The van der Waals surface area contributed by atoms with Crippen LogP contribution in [0.15, 0.2) is 23.4 Å². The van der Waals surface area contributed by atoms with Crippen LogP contribution in [-0.4, -0.2) is 31.0 Å². The molecule has 1 aliphatic carbocycles. The van der Waals surface area contributed by atoms with Crippen molar-refractivity contribution in [1.29, 1.82) is 0 Å². The minimum atomic E-state index is -3.59. The monoisotopic (exact) mass is 270 g/mol. The third kappa shape index (κ3) is 2.85. The first-order valence-corrected chi connectivity index (χ1v) is 7.02. The Morgan fingerprint density at radius 3 is 2.83 bits per heavy atom. The molecule has 1 saturated carbocycles. The highest BCUT2D eigenvalue weighted by molar-refractivity contribution is 7.89. The summed E-state index contributed by atoms with van der Waals surface area (Å²) < 4.78 is 26.2. The molecule has 0 radical (unpaired) electrons. The van der Waals surface area contributed by atoms with Gasteiger partial charge in [-0.2, -0.15) is 0 Å². The van der Waals surface area contributed by atoms with Crippen LogP contribution in [0.4, 0.5) is 0 Å². The number of aliphatic carboxylic acids is 1. The van der Waals surface area contributed by atoms with E-state index >= 15 is 0 Å². The minimum absolute atomic E-state index is 0.102. The van der Waals surface area contributed by atoms with Crippen molar-refractivity contribution in [3.8, 4) is 0 Å². The molecule has 2 rings (SSSR count). The first kappa shape index (κ1) is 13.0. The van der Waals surface area contributed by atoms with E-state index in [0.29, 0.717) is 6.42 Å². The second kappa shape index (κ2) is 4.66. The number of sulfonamides is 1. The van der Waals surface area contributed by atoms with Crippen molar-refractivity contribution in [2.75, 3.05) is 6.54 Å². The summed E-state index contributed by atoms with van der Waals surface area (Å²) in [7, 11) is -3.59. The molecule has 2 N–H and O–H groups in total. The first-order chi connectivity index (χ1) is 8.40. The Labute approximate surface area is 105 Å². The molecule has 1 heterocycles. The lowest BCUT2D eigenvalue weighted by atomic mass is 10.3. The molecule has 2 atom stereocenters. The normalized spacial score (nSPS) is 22.7. The predicted molar refractivity (Wildman–Crippen MR) is 63.4 cm³/mol. The van der Waals surface area contributed by atoms with E-state index in [1.165, 1.54) is 12.3 Å². The quantitative estimate of drug-likeness (QED) is 0.806. The highest BCUT2D eigenvalue weighted by atomic mass is 32.2. The van der Waals surface area contributed by atoms with E-state index in [1.807, 2.05) is 0 Å². The van der Waals surface area contributed by atoms with Gasteiger partial charge in [-0.05, 0) is 30.9 Å². The Hall–Kier alpha value is -1.47. The number of aryl methyl sites for hydroxylation is 1. The molecule has 1 fully saturated rings. The van der Waals surface area contributed by atoms with Gasteiger partial charge in [0.1, 0.15) is 4.90 Å². The fraction of sp³-hybridized carbons (Fsp3) is 0.455. The number of rotatable bonds is 5. The van der Waals surface area contributed by atoms with Gasteiger partial charge in [0.25, 0.3) is 0 Å². The summed E-state index contributed by atoms with van der Waals surface area (Å²) in [4.78, 5) is 14.6. The van der Waals surface area contributed by atoms with Crippen LogP contribution in [0.5, 0.6) is 0 Å². The molecule has 0 aromatic carbocycles. The standard InChI is InChI=1S/C11H14N2O4S/c1-7-2-9(6-12-4-7)18(16,17)13-5-8-3-10(8)11(14)15/h2,4,6,8,10,13H,3,5H2,1H3,(H,14,15)/t8-,10+/m0/s1. The zero-order valence-electron chi connectivity index (χ0n) is 9.83. The number of pyridine rings is 1. The van der Waals surface area contributed by atoms with Gasteiger partial charge in [0.2, 0.25) is 10.0 Å². The summed E-state index contributed by atoms with van der Waals surface area (Å²) in [6.07, 6.45) is 3.38. The molecular weight excluding hydrogens is 256 g/mol. The maximum absolute atomic E-state index is 11.9. The van der Waals surface area contributed by atoms with Gasteiger partial charge in [-0.3, -0.25) is 9.78 Å². The zero-order valence-corrected chi connectivity index (χ0v) is 10.6. The number of carbonyl (C=O) groups is 1. The fourth-order valence-electron chi connectivity index (χ4n) is 1.75. The molecule has 0 bridgehead atoms. The van der Waals surface area contributed by atoms with Crippen LogP contribution in [-0.2, 0) is 14.8 Å². The number of hydrogen-bond donors (Lipinski definition) is 2. The minimum Gasteiger partial charge on any atom is -0.481 e. The summed E-state index contributed by atoms with van der Waals surface area (Å²) in [5.41, 5.74) is 0.757. The molecule has 0 amide bonds. The van der Waals surface area contributed by atoms with Gasteiger partial charge >= 0.3 is 5.97 Å². The first-order valence-electron chi connectivity index (χ1n) is 5.54. The third-order valence-corrected chi connectivity index (χ3v) is 4.33. The van der Waals surface area contributed by atoms with Crippen molar-refractivity contribution in [2.24, 2.45) is 11.8 Å². The van der Waals surface area contributed by atoms with Gasteiger partial charge in [-0.1, -0.05) is 0 Å². The summed E-state index contributed by atoms with van der Waals surface area (Å²) in [5, 5.41) is 8.72. The van der Waals surface area contributed by atoms with Gasteiger partial charge in [0, 0.05) is 18.9 Å². The molecule has 1 aliphatic rings. The molecule has 6 nitrogen and oxygen atoms in total. The van der Waals surface area contributed by atoms with E-state index in [4.69, 9.17) is 5.11 Å². The Kier molecular flexibility index (Phi) is 3.36. The van der Waals surface area contributed by atoms with Gasteiger partial charge in [-0.25, -0.2) is 13.1 Å². The summed E-state index contributed by atoms with van der Waals surface area (Å²) in [5.74, 6) is -1.38. The van der Waals surface area contributed by atoms with Crippen molar-refractivity contribution in [3.05, 3.63) is 24.0 Å². The van der Waals surface area contributed by atoms with Gasteiger partial charge < -0.3 is 5.11 Å². The lowest BCUT2D eigenvalue weighted by molar-refractivity contribution is -0.138. The van der Waals surface area contributed by atoms with Crippen molar-refractivity contribution in [2.45, 2.75) is 18.2 Å². The summed E-state index contributed by atoms with van der Waals surface area (Å²) in [6.45, 7) is 1.92. The van der Waals surface area contributed by atoms with Crippen LogP contribution in [0.2, 0.25) is 0 Å². The molecule has 7 heteroatoms. The maximum Gasteiger partial charge on any atom is 0.306 e. The van der Waals surface area contributed by atoms with Crippen molar-refractivity contribution < 1.29 is 18.3 Å². The Morgan fingerprint density at radius 1 is 1.56 bits per heavy atom. The Balaban J connectivity index is 1.99. The SMILES string of the molecule is Cc1cncc(S(=O)(=O)NC[C@@H]2C[C@H]2C(=O)O)c1. The van der Waals surface area contributed by atoms with Crippen LogP contribution in [0.25, 0.3) is 0 Å². The average Bonchev–Trinajstić information content (AvgIpc) is 3.06. The number of nitrogens with one attached hydrogen (secondary N) is 1. The predicted octanol–water partition coefficient (Wildman–Crippen LogP) is 0.389. The van der Waals surface area contributed by atoms with Gasteiger partial charge in [-0.15, -0.1) is 0 Å². The Morgan fingerprint density at radius 2 is 2.28 bits per heavy atom. The van der Waals surface area contributed by atoms with Crippen molar-refractivity contribution in [3.63, 3.8) is 0 Å². The second-order valence-electron chi connectivity index (χ2n) is 4.49. The fourth-order valence-corrected chi connectivity index (χ4v) is 2.89. The highest BCUT2D eigenvalue weighted by Gasteiger charge is 2.43. The number of hydrogen-bond acceptors (Lipinski definition) is 4. The highest BCUT2D eigenvalue weighted by Crippen LogP contribution is 2.38. The molecule has 98 valence electrons. The van der Waals surface area contributed by atoms with Gasteiger partial charge in [0.05, 0.1) is 5.92 Å². The number of carboxylic acid groups (broad SMARTS) is 1. The Bertz CT molecular complexity index is 570. The van der Waals surface area contributed by atoms with E-state index in [9.17, 15) is 13.2 Å². The number of aromatic nitrogens is 1. The molecular formula is C11H14N2O4S. The van der Waals surface area contributed by atoms with Crippen LogP contribution in [0.1, 0.15) is 12.0 Å². The van der Waals surface area contributed by atoms with Crippen LogP contribution in [0.3, 0.4) is 0 Å². The van der Waals surface area contributed by atoms with Crippen LogP contribution < -0.4 is 4.72 Å². The molecule has 1 aromatic heterocycles. The molecule has 0 aliphatic heterocycles. The third-order valence-electron chi connectivity index (χ3n) is 2.94. The number of carboxylic acids is 1. The lowest BCUT2D eigenvalue weighted by Crippen LogP contribution is -2.27. The molecule has 0 saturated heterocycles.